The summed E-state index contributed by atoms with van der Waals surface area (Å²) in [5.41, 5.74) is 6.74. The van der Waals surface area contributed by atoms with E-state index in [-0.39, 0.29) is 23.7 Å². The average molecular weight is 365 g/mol. The highest BCUT2D eigenvalue weighted by molar-refractivity contribution is 6.30. The highest BCUT2D eigenvalue weighted by Crippen LogP contribution is 2.26. The van der Waals surface area contributed by atoms with Crippen molar-refractivity contribution in [3.05, 3.63) is 34.9 Å². The molecule has 0 aliphatic carbocycles. The molecule has 4 nitrogen and oxygen atoms in total. The van der Waals surface area contributed by atoms with Gasteiger partial charge in [0.05, 0.1) is 12.0 Å². The number of nitrogens with zero attached hydrogens (tertiary/aromatic N) is 1. The first-order valence-electron chi connectivity index (χ1n) is 9.25. The zero-order chi connectivity index (χ0) is 18.4. The van der Waals surface area contributed by atoms with Gasteiger partial charge in [0.2, 0.25) is 5.91 Å². The molecule has 0 aromatic heterocycles. The van der Waals surface area contributed by atoms with Gasteiger partial charge in [-0.05, 0) is 49.3 Å². The summed E-state index contributed by atoms with van der Waals surface area (Å²) in [4.78, 5) is 26.6. The molecular formula is C20H29ClN2O2. The van der Waals surface area contributed by atoms with Crippen LogP contribution in [0, 0.1) is 5.92 Å². The number of rotatable bonds is 10. The summed E-state index contributed by atoms with van der Waals surface area (Å²) in [6.45, 7) is 5.86. The van der Waals surface area contributed by atoms with Crippen molar-refractivity contribution in [2.75, 3.05) is 13.1 Å². The number of halogens is 1. The van der Waals surface area contributed by atoms with Crippen molar-refractivity contribution in [1.29, 1.82) is 0 Å². The number of likely N-dealkylation sites (tertiary alicyclic amines) is 1. The van der Waals surface area contributed by atoms with Gasteiger partial charge in [0.15, 0.2) is 5.78 Å². The lowest BCUT2D eigenvalue weighted by Gasteiger charge is -2.40. The van der Waals surface area contributed by atoms with E-state index >= 15 is 0 Å². The molecule has 1 heterocycles. The fraction of sp³-hybridized carbons (Fsp3) is 0.600. The lowest BCUT2D eigenvalue weighted by Crippen LogP contribution is -2.55. The van der Waals surface area contributed by atoms with E-state index in [1.54, 1.807) is 0 Å². The number of hydrogen-bond acceptors (Lipinski definition) is 3. The van der Waals surface area contributed by atoms with Crippen LogP contribution in [0.5, 0.6) is 0 Å². The topological polar surface area (TPSA) is 63.4 Å². The first-order valence-corrected chi connectivity index (χ1v) is 9.63. The number of nitrogens with two attached hydrogens (primary N) is 1. The molecule has 1 amide bonds. The maximum Gasteiger partial charge on any atom is 0.222 e. The Kier molecular flexibility index (Phi) is 7.45. The number of primary amides is 1. The number of carbonyl (C=O) groups excluding carboxylic acids is 2. The van der Waals surface area contributed by atoms with Gasteiger partial charge >= 0.3 is 0 Å². The molecule has 0 radical (unpaired) electrons. The maximum atomic E-state index is 12.8. The van der Waals surface area contributed by atoms with Gasteiger partial charge in [-0.25, -0.2) is 0 Å². The van der Waals surface area contributed by atoms with Gasteiger partial charge < -0.3 is 5.73 Å². The van der Waals surface area contributed by atoms with Gasteiger partial charge in [-0.3, -0.25) is 14.5 Å². The van der Waals surface area contributed by atoms with Crippen LogP contribution in [0.3, 0.4) is 0 Å². The van der Waals surface area contributed by atoms with E-state index in [0.29, 0.717) is 18.8 Å². The number of amides is 1. The van der Waals surface area contributed by atoms with Crippen LogP contribution in [-0.2, 0) is 9.59 Å². The molecule has 25 heavy (non-hydrogen) atoms. The normalized spacial score (nSPS) is 18.2. The van der Waals surface area contributed by atoms with E-state index in [1.165, 1.54) is 5.56 Å². The average Bonchev–Trinajstić information content (AvgIpc) is 2.52. The third-order valence-corrected chi connectivity index (χ3v) is 5.51. The summed E-state index contributed by atoms with van der Waals surface area (Å²) in [5, 5.41) is 0.741. The van der Waals surface area contributed by atoms with Gasteiger partial charge in [0.1, 0.15) is 0 Å². The van der Waals surface area contributed by atoms with Gasteiger partial charge in [-0.15, -0.1) is 0 Å². The van der Waals surface area contributed by atoms with Crippen LogP contribution < -0.4 is 5.73 Å². The summed E-state index contributed by atoms with van der Waals surface area (Å²) in [7, 11) is 0. The first-order chi connectivity index (χ1) is 11.9. The van der Waals surface area contributed by atoms with Crippen LogP contribution in [0.1, 0.15) is 57.4 Å². The van der Waals surface area contributed by atoms with Gasteiger partial charge in [0, 0.05) is 24.5 Å². The lowest BCUT2D eigenvalue weighted by atomic mass is 9.86. The van der Waals surface area contributed by atoms with Crippen molar-refractivity contribution in [2.45, 2.75) is 57.9 Å². The van der Waals surface area contributed by atoms with Crippen molar-refractivity contribution in [2.24, 2.45) is 11.7 Å². The van der Waals surface area contributed by atoms with Crippen molar-refractivity contribution in [1.82, 2.24) is 4.90 Å². The van der Waals surface area contributed by atoms with Gasteiger partial charge in [0.25, 0.3) is 0 Å². The highest BCUT2D eigenvalue weighted by atomic mass is 35.5. The summed E-state index contributed by atoms with van der Waals surface area (Å²) in [6.07, 6.45) is 3.93. The molecule has 0 bridgehead atoms. The van der Waals surface area contributed by atoms with E-state index in [2.05, 4.69) is 17.9 Å². The van der Waals surface area contributed by atoms with Crippen LogP contribution in [-0.4, -0.2) is 35.7 Å². The molecule has 0 spiro atoms. The number of benzene rings is 1. The number of ketones is 1. The third-order valence-electron chi connectivity index (χ3n) is 5.28. The summed E-state index contributed by atoms with van der Waals surface area (Å²) < 4.78 is 0. The van der Waals surface area contributed by atoms with E-state index in [9.17, 15) is 9.59 Å². The SMILES string of the molecule is CCC(C(N)=O)C(C(=O)CCCC(C)c1cccc(Cl)c1)N1CCC1. The Morgan fingerprint density at radius 3 is 2.56 bits per heavy atom. The molecule has 2 rings (SSSR count). The van der Waals surface area contributed by atoms with E-state index in [1.807, 2.05) is 25.1 Å². The molecule has 5 heteroatoms. The summed E-state index contributed by atoms with van der Waals surface area (Å²) in [6, 6.07) is 7.54. The standard InChI is InChI=1S/C20H29ClN2O2/c1-3-17(20(22)25)19(23-11-6-12-23)18(24)10-4-7-14(2)15-8-5-9-16(21)13-15/h5,8-9,13-14,17,19H,3-4,6-7,10-12H2,1-2H3,(H2,22,25). The van der Waals surface area contributed by atoms with Crippen LogP contribution in [0.4, 0.5) is 0 Å². The van der Waals surface area contributed by atoms with Gasteiger partial charge in [-0.2, -0.15) is 0 Å². The van der Waals surface area contributed by atoms with Crippen molar-refractivity contribution in [3.8, 4) is 0 Å². The predicted octanol–water partition coefficient (Wildman–Crippen LogP) is 3.77. The number of hydrogen-bond donors (Lipinski definition) is 1. The molecule has 0 saturated carbocycles. The Bertz CT molecular complexity index is 601. The van der Waals surface area contributed by atoms with Crippen LogP contribution in [0.25, 0.3) is 0 Å². The van der Waals surface area contributed by atoms with E-state index in [0.717, 1.165) is 37.4 Å². The highest BCUT2D eigenvalue weighted by Gasteiger charge is 2.37. The molecule has 3 unspecified atom stereocenters. The Morgan fingerprint density at radius 2 is 2.04 bits per heavy atom. The zero-order valence-electron chi connectivity index (χ0n) is 15.2. The maximum absolute atomic E-state index is 12.8. The number of Topliss-reactive ketones (excluding diaryl/α,β-unsaturated/α-hetero) is 1. The predicted molar refractivity (Wildman–Crippen MR) is 102 cm³/mol. The largest absolute Gasteiger partial charge is 0.369 e. The van der Waals surface area contributed by atoms with Crippen molar-refractivity contribution < 1.29 is 9.59 Å². The summed E-state index contributed by atoms with van der Waals surface area (Å²) >= 11 is 6.05. The molecule has 1 saturated heterocycles. The van der Waals surface area contributed by atoms with Crippen molar-refractivity contribution >= 4 is 23.3 Å². The fourth-order valence-electron chi connectivity index (χ4n) is 3.59. The zero-order valence-corrected chi connectivity index (χ0v) is 16.0. The van der Waals surface area contributed by atoms with Crippen LogP contribution in [0.15, 0.2) is 24.3 Å². The molecule has 1 aromatic rings. The lowest BCUT2D eigenvalue weighted by molar-refractivity contribution is -0.135. The van der Waals surface area contributed by atoms with Gasteiger partial charge in [-0.1, -0.05) is 37.6 Å². The van der Waals surface area contributed by atoms with Crippen LogP contribution >= 0.6 is 11.6 Å². The minimum atomic E-state index is -0.377. The van der Waals surface area contributed by atoms with E-state index < -0.39 is 0 Å². The van der Waals surface area contributed by atoms with Crippen LogP contribution in [0.2, 0.25) is 5.02 Å². The second-order valence-corrected chi connectivity index (χ2v) is 7.50. The Balaban J connectivity index is 1.91. The molecule has 138 valence electrons. The third kappa shape index (κ3) is 5.29. The molecule has 1 aromatic carbocycles. The van der Waals surface area contributed by atoms with Crippen molar-refractivity contribution in [3.63, 3.8) is 0 Å². The minimum Gasteiger partial charge on any atom is -0.369 e. The molecule has 1 fully saturated rings. The first kappa shape index (κ1) is 19.9. The minimum absolute atomic E-state index is 0.156. The molecular weight excluding hydrogens is 336 g/mol. The molecule has 3 atom stereocenters. The second kappa shape index (κ2) is 9.35. The second-order valence-electron chi connectivity index (χ2n) is 7.07. The Morgan fingerprint density at radius 1 is 1.32 bits per heavy atom. The quantitative estimate of drug-likeness (QED) is 0.687. The Hall–Kier alpha value is -1.39. The smallest absolute Gasteiger partial charge is 0.222 e. The fourth-order valence-corrected chi connectivity index (χ4v) is 3.79. The summed E-state index contributed by atoms with van der Waals surface area (Å²) in [5.74, 6) is -0.228. The monoisotopic (exact) mass is 364 g/mol. The molecule has 2 N–H and O–H groups in total. The van der Waals surface area contributed by atoms with E-state index in [4.69, 9.17) is 17.3 Å². The molecule has 1 aliphatic heterocycles. The Labute approximate surface area is 155 Å². The number of carbonyl (C=O) groups is 2. The molecule has 1 aliphatic rings.